The SMILES string of the molecule is Cc1cc(Br)cc(-n2cc(C(C)(C)O)nn2)c1. The highest BCUT2D eigenvalue weighted by molar-refractivity contribution is 9.10. The highest BCUT2D eigenvalue weighted by Crippen LogP contribution is 2.20. The number of hydrogen-bond acceptors (Lipinski definition) is 3. The Morgan fingerprint density at radius 2 is 2.00 bits per heavy atom. The van der Waals surface area contributed by atoms with Crippen molar-refractivity contribution in [1.29, 1.82) is 0 Å². The molecule has 4 nitrogen and oxygen atoms in total. The summed E-state index contributed by atoms with van der Waals surface area (Å²) in [7, 11) is 0. The molecule has 5 heteroatoms. The van der Waals surface area contributed by atoms with Crippen LogP contribution in [0.25, 0.3) is 5.69 Å². The molecular formula is C12H14BrN3O. The van der Waals surface area contributed by atoms with E-state index < -0.39 is 5.60 Å². The normalized spacial score (nSPS) is 11.8. The van der Waals surface area contributed by atoms with E-state index in [4.69, 9.17) is 0 Å². The van der Waals surface area contributed by atoms with E-state index in [-0.39, 0.29) is 0 Å². The topological polar surface area (TPSA) is 50.9 Å². The van der Waals surface area contributed by atoms with Gasteiger partial charge in [0, 0.05) is 4.47 Å². The first-order chi connectivity index (χ1) is 7.86. The van der Waals surface area contributed by atoms with Crippen molar-refractivity contribution in [3.63, 3.8) is 0 Å². The standard InChI is InChI=1S/C12H14BrN3O/c1-8-4-9(13)6-10(5-8)16-7-11(14-15-16)12(2,3)17/h4-7,17H,1-3H3. The molecule has 0 saturated carbocycles. The number of rotatable bonds is 2. The zero-order valence-electron chi connectivity index (χ0n) is 9.98. The Bertz CT molecular complexity index is 523. The summed E-state index contributed by atoms with van der Waals surface area (Å²) in [4.78, 5) is 0. The van der Waals surface area contributed by atoms with Crippen LogP contribution in [0.3, 0.4) is 0 Å². The molecule has 0 unspecified atom stereocenters. The summed E-state index contributed by atoms with van der Waals surface area (Å²) in [5.41, 5.74) is 1.63. The van der Waals surface area contributed by atoms with Crippen molar-refractivity contribution in [2.75, 3.05) is 0 Å². The van der Waals surface area contributed by atoms with Crippen LogP contribution in [0.2, 0.25) is 0 Å². The van der Waals surface area contributed by atoms with E-state index in [0.717, 1.165) is 15.7 Å². The highest BCUT2D eigenvalue weighted by atomic mass is 79.9. The lowest BCUT2D eigenvalue weighted by Crippen LogP contribution is -2.15. The van der Waals surface area contributed by atoms with Crippen LogP contribution < -0.4 is 0 Å². The van der Waals surface area contributed by atoms with Gasteiger partial charge in [0.2, 0.25) is 0 Å². The second-order valence-corrected chi connectivity index (χ2v) is 5.51. The van der Waals surface area contributed by atoms with Crippen molar-refractivity contribution >= 4 is 15.9 Å². The van der Waals surface area contributed by atoms with Crippen molar-refractivity contribution < 1.29 is 5.11 Å². The molecule has 1 aromatic heterocycles. The summed E-state index contributed by atoms with van der Waals surface area (Å²) < 4.78 is 2.65. The number of aliphatic hydroxyl groups is 1. The number of nitrogens with zero attached hydrogens (tertiary/aromatic N) is 3. The molecule has 0 spiro atoms. The average molecular weight is 296 g/mol. The molecule has 0 fully saturated rings. The van der Waals surface area contributed by atoms with Crippen LogP contribution in [-0.4, -0.2) is 20.1 Å². The third-order valence-electron chi connectivity index (χ3n) is 2.41. The number of halogens is 1. The lowest BCUT2D eigenvalue weighted by Gasteiger charge is -2.11. The van der Waals surface area contributed by atoms with Crippen LogP contribution in [0.4, 0.5) is 0 Å². The Balaban J connectivity index is 2.44. The third kappa shape index (κ3) is 2.73. The predicted octanol–water partition coefficient (Wildman–Crippen LogP) is 2.57. The molecule has 1 aromatic carbocycles. The van der Waals surface area contributed by atoms with E-state index in [1.807, 2.05) is 25.1 Å². The van der Waals surface area contributed by atoms with E-state index in [1.165, 1.54) is 0 Å². The van der Waals surface area contributed by atoms with E-state index in [0.29, 0.717) is 5.69 Å². The highest BCUT2D eigenvalue weighted by Gasteiger charge is 2.20. The molecule has 1 heterocycles. The Hall–Kier alpha value is -1.20. The van der Waals surface area contributed by atoms with Gasteiger partial charge in [-0.3, -0.25) is 0 Å². The summed E-state index contributed by atoms with van der Waals surface area (Å²) in [6, 6.07) is 5.99. The molecular weight excluding hydrogens is 282 g/mol. The largest absolute Gasteiger partial charge is 0.384 e. The van der Waals surface area contributed by atoms with Crippen molar-refractivity contribution in [3.05, 3.63) is 40.1 Å². The van der Waals surface area contributed by atoms with Gasteiger partial charge in [-0.1, -0.05) is 21.1 Å². The number of benzene rings is 1. The molecule has 0 bridgehead atoms. The summed E-state index contributed by atoms with van der Waals surface area (Å²) >= 11 is 3.45. The Morgan fingerprint density at radius 1 is 1.29 bits per heavy atom. The molecule has 2 rings (SSSR count). The minimum Gasteiger partial charge on any atom is -0.384 e. The van der Waals surface area contributed by atoms with Crippen molar-refractivity contribution in [2.24, 2.45) is 0 Å². The maximum Gasteiger partial charge on any atom is 0.114 e. The van der Waals surface area contributed by atoms with Crippen LogP contribution in [0.1, 0.15) is 25.1 Å². The van der Waals surface area contributed by atoms with Gasteiger partial charge in [0.1, 0.15) is 11.3 Å². The number of hydrogen-bond donors (Lipinski definition) is 1. The van der Waals surface area contributed by atoms with Gasteiger partial charge >= 0.3 is 0 Å². The fourth-order valence-electron chi connectivity index (χ4n) is 1.52. The van der Waals surface area contributed by atoms with Gasteiger partial charge in [0.05, 0.1) is 11.9 Å². The van der Waals surface area contributed by atoms with Gasteiger partial charge in [0.25, 0.3) is 0 Å². The summed E-state index contributed by atoms with van der Waals surface area (Å²) in [6.45, 7) is 5.39. The van der Waals surface area contributed by atoms with E-state index in [2.05, 4.69) is 26.2 Å². The predicted molar refractivity (Wildman–Crippen MR) is 69.0 cm³/mol. The van der Waals surface area contributed by atoms with Crippen molar-refractivity contribution in [3.8, 4) is 5.69 Å². The second kappa shape index (κ2) is 4.23. The average Bonchev–Trinajstić information content (AvgIpc) is 2.63. The first kappa shape index (κ1) is 12.3. The van der Waals surface area contributed by atoms with Crippen LogP contribution in [0.15, 0.2) is 28.9 Å². The minimum atomic E-state index is -0.973. The quantitative estimate of drug-likeness (QED) is 0.926. The number of aromatic nitrogens is 3. The van der Waals surface area contributed by atoms with Gasteiger partial charge in [-0.15, -0.1) is 5.10 Å². The molecule has 1 N–H and O–H groups in total. The van der Waals surface area contributed by atoms with Gasteiger partial charge in [-0.05, 0) is 44.5 Å². The molecule has 0 amide bonds. The molecule has 2 aromatic rings. The van der Waals surface area contributed by atoms with Crippen LogP contribution in [-0.2, 0) is 5.60 Å². The molecule has 0 aliphatic rings. The molecule has 0 radical (unpaired) electrons. The summed E-state index contributed by atoms with van der Waals surface area (Å²) in [5, 5.41) is 17.8. The summed E-state index contributed by atoms with van der Waals surface area (Å²) in [6.07, 6.45) is 1.74. The van der Waals surface area contributed by atoms with Crippen LogP contribution in [0.5, 0.6) is 0 Å². The smallest absolute Gasteiger partial charge is 0.114 e. The lowest BCUT2D eigenvalue weighted by molar-refractivity contribution is 0.0737. The molecule has 90 valence electrons. The van der Waals surface area contributed by atoms with Crippen LogP contribution >= 0.6 is 15.9 Å². The van der Waals surface area contributed by atoms with E-state index >= 15 is 0 Å². The Morgan fingerprint density at radius 3 is 2.53 bits per heavy atom. The zero-order valence-corrected chi connectivity index (χ0v) is 11.6. The molecule has 0 saturated heterocycles. The van der Waals surface area contributed by atoms with E-state index in [1.54, 1.807) is 24.7 Å². The fraction of sp³-hybridized carbons (Fsp3) is 0.333. The maximum absolute atomic E-state index is 9.83. The monoisotopic (exact) mass is 295 g/mol. The minimum absolute atomic E-state index is 0.551. The number of aryl methyl sites for hydroxylation is 1. The molecule has 0 atom stereocenters. The van der Waals surface area contributed by atoms with Gasteiger partial charge in [0.15, 0.2) is 0 Å². The molecule has 0 aliphatic carbocycles. The zero-order chi connectivity index (χ0) is 12.6. The Kier molecular flexibility index (Phi) is 3.05. The Labute approximate surface area is 108 Å². The van der Waals surface area contributed by atoms with E-state index in [9.17, 15) is 5.11 Å². The van der Waals surface area contributed by atoms with Crippen LogP contribution in [0, 0.1) is 6.92 Å². The van der Waals surface area contributed by atoms with Gasteiger partial charge < -0.3 is 5.11 Å². The molecule has 0 aliphatic heterocycles. The van der Waals surface area contributed by atoms with Gasteiger partial charge in [-0.2, -0.15) is 0 Å². The summed E-state index contributed by atoms with van der Waals surface area (Å²) in [5.74, 6) is 0. The van der Waals surface area contributed by atoms with Crippen molar-refractivity contribution in [1.82, 2.24) is 15.0 Å². The van der Waals surface area contributed by atoms with Gasteiger partial charge in [-0.25, -0.2) is 4.68 Å². The first-order valence-electron chi connectivity index (χ1n) is 5.29. The first-order valence-corrected chi connectivity index (χ1v) is 6.08. The molecule has 17 heavy (non-hydrogen) atoms. The lowest BCUT2D eigenvalue weighted by atomic mass is 10.1. The van der Waals surface area contributed by atoms with Crippen molar-refractivity contribution in [2.45, 2.75) is 26.4 Å². The third-order valence-corrected chi connectivity index (χ3v) is 2.87. The second-order valence-electron chi connectivity index (χ2n) is 4.59. The maximum atomic E-state index is 9.83. The fourth-order valence-corrected chi connectivity index (χ4v) is 2.12.